The molecule has 6 nitrogen and oxygen atoms in total. The van der Waals surface area contributed by atoms with E-state index in [1.54, 1.807) is 18.2 Å². The Balaban J connectivity index is 2.77. The van der Waals surface area contributed by atoms with Crippen molar-refractivity contribution in [2.75, 3.05) is 20.8 Å². The van der Waals surface area contributed by atoms with Gasteiger partial charge in [0.05, 0.1) is 25.7 Å². The molecule has 1 aromatic carbocycles. The van der Waals surface area contributed by atoms with Gasteiger partial charge in [0.2, 0.25) is 0 Å². The lowest BCUT2D eigenvalue weighted by Crippen LogP contribution is -2.33. The predicted octanol–water partition coefficient (Wildman–Crippen LogP) is 1.93. The first-order chi connectivity index (χ1) is 10.0. The summed E-state index contributed by atoms with van der Waals surface area (Å²) >= 11 is 0. The topological polar surface area (TPSA) is 84.9 Å². The zero-order chi connectivity index (χ0) is 15.8. The van der Waals surface area contributed by atoms with Crippen molar-refractivity contribution >= 4 is 11.9 Å². The molecule has 0 aliphatic heterocycles. The summed E-state index contributed by atoms with van der Waals surface area (Å²) in [6.07, 6.45) is 1.27. The molecular weight excluding hydrogens is 274 g/mol. The van der Waals surface area contributed by atoms with Gasteiger partial charge < -0.3 is 19.9 Å². The van der Waals surface area contributed by atoms with E-state index >= 15 is 0 Å². The van der Waals surface area contributed by atoms with Crippen LogP contribution in [0.2, 0.25) is 0 Å². The quantitative estimate of drug-likeness (QED) is 0.765. The summed E-state index contributed by atoms with van der Waals surface area (Å²) in [5, 5.41) is 11.7. The van der Waals surface area contributed by atoms with Crippen LogP contribution in [-0.2, 0) is 4.79 Å². The minimum Gasteiger partial charge on any atom is -0.497 e. The fraction of sp³-hybridized carbons (Fsp3) is 0.467. The van der Waals surface area contributed by atoms with Crippen molar-refractivity contribution in [1.82, 2.24) is 5.32 Å². The number of ether oxygens (including phenoxy) is 2. The van der Waals surface area contributed by atoms with Crippen molar-refractivity contribution in [1.29, 1.82) is 0 Å². The monoisotopic (exact) mass is 295 g/mol. The third-order valence-electron chi connectivity index (χ3n) is 3.15. The maximum Gasteiger partial charge on any atom is 0.308 e. The zero-order valence-electron chi connectivity index (χ0n) is 12.5. The first-order valence-electron chi connectivity index (χ1n) is 6.76. The Bertz CT molecular complexity index is 501. The molecule has 0 aliphatic carbocycles. The number of hydrogen-bond donors (Lipinski definition) is 2. The second-order valence-corrected chi connectivity index (χ2v) is 4.60. The highest BCUT2D eigenvalue weighted by Gasteiger charge is 2.19. The Morgan fingerprint density at radius 1 is 1.29 bits per heavy atom. The van der Waals surface area contributed by atoms with E-state index in [1.807, 2.05) is 6.92 Å². The van der Waals surface area contributed by atoms with Gasteiger partial charge in [0.15, 0.2) is 0 Å². The van der Waals surface area contributed by atoms with Crippen LogP contribution in [0.25, 0.3) is 0 Å². The van der Waals surface area contributed by atoms with Crippen LogP contribution in [0.15, 0.2) is 18.2 Å². The van der Waals surface area contributed by atoms with Gasteiger partial charge in [-0.15, -0.1) is 0 Å². The molecule has 116 valence electrons. The van der Waals surface area contributed by atoms with E-state index in [9.17, 15) is 9.59 Å². The number of benzene rings is 1. The summed E-state index contributed by atoms with van der Waals surface area (Å²) < 4.78 is 10.2. The highest BCUT2D eigenvalue weighted by atomic mass is 16.5. The van der Waals surface area contributed by atoms with E-state index in [-0.39, 0.29) is 12.5 Å². The molecular formula is C15H21NO5. The number of aliphatic carboxylic acids is 1. The minimum absolute atomic E-state index is 0.0944. The van der Waals surface area contributed by atoms with Crippen LogP contribution in [0.4, 0.5) is 0 Å². The Morgan fingerprint density at radius 3 is 2.52 bits per heavy atom. The molecule has 1 atom stereocenters. The summed E-state index contributed by atoms with van der Waals surface area (Å²) in [5.41, 5.74) is 0.346. The first-order valence-corrected chi connectivity index (χ1v) is 6.76. The lowest BCUT2D eigenvalue weighted by Gasteiger charge is -2.14. The zero-order valence-corrected chi connectivity index (χ0v) is 12.5. The molecule has 1 amide bonds. The molecule has 6 heteroatoms. The van der Waals surface area contributed by atoms with E-state index in [0.29, 0.717) is 23.5 Å². The van der Waals surface area contributed by atoms with Crippen molar-refractivity contribution in [3.05, 3.63) is 23.8 Å². The van der Waals surface area contributed by atoms with Crippen molar-refractivity contribution in [2.24, 2.45) is 5.92 Å². The molecule has 0 aliphatic rings. The molecule has 21 heavy (non-hydrogen) atoms. The lowest BCUT2D eigenvalue weighted by molar-refractivity contribution is -0.141. The number of carbonyl (C=O) groups is 2. The number of nitrogens with one attached hydrogen (secondary N) is 1. The molecule has 0 saturated heterocycles. The molecule has 1 aromatic rings. The first kappa shape index (κ1) is 16.8. The summed E-state index contributed by atoms with van der Waals surface area (Å²) in [7, 11) is 2.99. The summed E-state index contributed by atoms with van der Waals surface area (Å²) in [4.78, 5) is 23.2. The fourth-order valence-electron chi connectivity index (χ4n) is 1.96. The van der Waals surface area contributed by atoms with Crippen LogP contribution in [0.1, 0.15) is 30.1 Å². The van der Waals surface area contributed by atoms with Crippen LogP contribution in [0.3, 0.4) is 0 Å². The van der Waals surface area contributed by atoms with Gasteiger partial charge in [0.1, 0.15) is 11.5 Å². The summed E-state index contributed by atoms with van der Waals surface area (Å²) in [5.74, 6) is -0.883. The van der Waals surface area contributed by atoms with Crippen LogP contribution in [0.5, 0.6) is 11.5 Å². The van der Waals surface area contributed by atoms with Crippen molar-refractivity contribution in [2.45, 2.75) is 19.8 Å². The average molecular weight is 295 g/mol. The summed E-state index contributed by atoms with van der Waals surface area (Å²) in [6, 6.07) is 4.84. The Hall–Kier alpha value is -2.24. The van der Waals surface area contributed by atoms with Gasteiger partial charge in [-0.25, -0.2) is 0 Å². The van der Waals surface area contributed by atoms with Gasteiger partial charge in [0.25, 0.3) is 5.91 Å². The highest BCUT2D eigenvalue weighted by Crippen LogP contribution is 2.24. The number of carbonyl (C=O) groups excluding carboxylic acids is 1. The molecule has 0 fully saturated rings. The molecule has 0 saturated carbocycles. The average Bonchev–Trinajstić information content (AvgIpc) is 2.49. The molecule has 1 rings (SSSR count). The smallest absolute Gasteiger partial charge is 0.308 e. The molecule has 0 spiro atoms. The molecule has 1 unspecified atom stereocenters. The number of carboxylic acids is 1. The maximum atomic E-state index is 12.1. The summed E-state index contributed by atoms with van der Waals surface area (Å²) in [6.45, 7) is 2.00. The van der Waals surface area contributed by atoms with E-state index in [4.69, 9.17) is 14.6 Å². The van der Waals surface area contributed by atoms with Gasteiger partial charge >= 0.3 is 5.97 Å². The highest BCUT2D eigenvalue weighted by molar-refractivity contribution is 5.97. The van der Waals surface area contributed by atoms with Gasteiger partial charge in [-0.05, 0) is 18.6 Å². The third-order valence-corrected chi connectivity index (χ3v) is 3.15. The lowest BCUT2D eigenvalue weighted by atomic mass is 10.0. The second kappa shape index (κ2) is 8.14. The second-order valence-electron chi connectivity index (χ2n) is 4.60. The Morgan fingerprint density at radius 2 is 2.00 bits per heavy atom. The largest absolute Gasteiger partial charge is 0.497 e. The fourth-order valence-corrected chi connectivity index (χ4v) is 1.96. The molecule has 0 bridgehead atoms. The number of methoxy groups -OCH3 is 2. The van der Waals surface area contributed by atoms with Crippen LogP contribution < -0.4 is 14.8 Å². The number of rotatable bonds is 8. The number of hydrogen-bond acceptors (Lipinski definition) is 4. The van der Waals surface area contributed by atoms with Crippen LogP contribution in [-0.4, -0.2) is 37.7 Å². The number of carboxylic acid groups (broad SMARTS) is 1. The van der Waals surface area contributed by atoms with E-state index < -0.39 is 11.9 Å². The van der Waals surface area contributed by atoms with Gasteiger partial charge in [-0.3, -0.25) is 9.59 Å². The predicted molar refractivity (Wildman–Crippen MR) is 77.9 cm³/mol. The Labute approximate surface area is 124 Å². The molecule has 2 N–H and O–H groups in total. The third kappa shape index (κ3) is 4.66. The standard InChI is InChI=1S/C15H21NO5/c1-4-5-10(15(18)19)9-16-14(17)12-7-6-11(20-2)8-13(12)21-3/h6-8,10H,4-5,9H2,1-3H3,(H,16,17)(H,18,19). The molecule has 0 radical (unpaired) electrons. The van der Waals surface area contributed by atoms with Gasteiger partial charge in [-0.2, -0.15) is 0 Å². The van der Waals surface area contributed by atoms with Gasteiger partial charge in [0, 0.05) is 12.6 Å². The van der Waals surface area contributed by atoms with Gasteiger partial charge in [-0.1, -0.05) is 13.3 Å². The van der Waals surface area contributed by atoms with E-state index in [0.717, 1.165) is 6.42 Å². The molecule has 0 heterocycles. The Kier molecular flexibility index (Phi) is 6.52. The van der Waals surface area contributed by atoms with E-state index in [1.165, 1.54) is 14.2 Å². The van der Waals surface area contributed by atoms with Crippen molar-refractivity contribution < 1.29 is 24.2 Å². The molecule has 0 aromatic heterocycles. The maximum absolute atomic E-state index is 12.1. The van der Waals surface area contributed by atoms with Crippen molar-refractivity contribution in [3.8, 4) is 11.5 Å². The van der Waals surface area contributed by atoms with E-state index in [2.05, 4.69) is 5.32 Å². The van der Waals surface area contributed by atoms with Crippen LogP contribution in [0, 0.1) is 5.92 Å². The van der Waals surface area contributed by atoms with Crippen LogP contribution >= 0.6 is 0 Å². The van der Waals surface area contributed by atoms with Crippen molar-refractivity contribution in [3.63, 3.8) is 0 Å². The normalized spacial score (nSPS) is 11.6. The minimum atomic E-state index is -0.904. The number of amides is 1. The SMILES string of the molecule is CCCC(CNC(=O)c1ccc(OC)cc1OC)C(=O)O.